The largest absolute Gasteiger partial charge is 0.480 e. The first-order chi connectivity index (χ1) is 13.5. The highest BCUT2D eigenvalue weighted by atomic mass is 32.2. The fourth-order valence-electron chi connectivity index (χ4n) is 3.40. The number of hydrogen-bond acceptors (Lipinski definition) is 5. The minimum Gasteiger partial charge on any atom is -0.480 e. The van der Waals surface area contributed by atoms with Crippen molar-refractivity contribution in [3.8, 4) is 11.5 Å². The summed E-state index contributed by atoms with van der Waals surface area (Å²) in [4.78, 5) is 39.4. The summed E-state index contributed by atoms with van der Waals surface area (Å²) in [6, 6.07) is 12.0. The summed E-state index contributed by atoms with van der Waals surface area (Å²) in [6.45, 7) is 0.138. The number of carboxylic acids is 1. The molecular formula is C20H18N2O5S. The molecule has 8 heteroatoms. The lowest BCUT2D eigenvalue weighted by Gasteiger charge is -2.23. The van der Waals surface area contributed by atoms with Crippen LogP contribution in [0.25, 0.3) is 0 Å². The van der Waals surface area contributed by atoms with Gasteiger partial charge in [0.15, 0.2) is 5.75 Å². The predicted octanol–water partition coefficient (Wildman–Crippen LogP) is 2.75. The molecule has 0 bridgehead atoms. The Balaban J connectivity index is 1.47. The van der Waals surface area contributed by atoms with Crippen LogP contribution >= 0.6 is 11.8 Å². The van der Waals surface area contributed by atoms with Crippen LogP contribution in [0.4, 0.5) is 0 Å². The minimum absolute atomic E-state index is 0.254. The van der Waals surface area contributed by atoms with Gasteiger partial charge in [0.2, 0.25) is 5.91 Å². The third kappa shape index (κ3) is 3.43. The van der Waals surface area contributed by atoms with E-state index in [1.165, 1.54) is 16.7 Å². The number of likely N-dealkylation sites (tertiary alicyclic amines) is 1. The molecule has 7 nitrogen and oxygen atoms in total. The third-order valence-corrected chi connectivity index (χ3v) is 5.86. The zero-order valence-electron chi connectivity index (χ0n) is 14.9. The van der Waals surface area contributed by atoms with Gasteiger partial charge in [-0.2, -0.15) is 0 Å². The molecule has 1 atom stereocenters. The molecule has 2 aliphatic rings. The SMILES string of the molecule is O=C(NCC(=O)N1CCC[C@H]1C(=O)O)c1cccc2c1Oc1ccccc1S2. The number of para-hydroxylation sites is 2. The van der Waals surface area contributed by atoms with Gasteiger partial charge in [-0.05, 0) is 37.1 Å². The van der Waals surface area contributed by atoms with E-state index >= 15 is 0 Å². The van der Waals surface area contributed by atoms with Gasteiger partial charge < -0.3 is 20.1 Å². The molecule has 2 amide bonds. The molecule has 0 unspecified atom stereocenters. The van der Waals surface area contributed by atoms with Crippen LogP contribution in [0.5, 0.6) is 11.5 Å². The van der Waals surface area contributed by atoms with Crippen LogP contribution in [-0.2, 0) is 9.59 Å². The number of ether oxygens (including phenoxy) is 1. The van der Waals surface area contributed by atoms with Crippen molar-refractivity contribution in [1.82, 2.24) is 10.2 Å². The molecule has 0 radical (unpaired) electrons. The maximum atomic E-state index is 12.7. The van der Waals surface area contributed by atoms with Gasteiger partial charge in [0.05, 0.1) is 21.9 Å². The highest BCUT2D eigenvalue weighted by Gasteiger charge is 2.34. The van der Waals surface area contributed by atoms with Gasteiger partial charge in [-0.1, -0.05) is 30.0 Å². The van der Waals surface area contributed by atoms with Crippen LogP contribution in [0.15, 0.2) is 52.3 Å². The molecule has 0 spiro atoms. The van der Waals surface area contributed by atoms with E-state index in [2.05, 4.69) is 5.32 Å². The average Bonchev–Trinajstić information content (AvgIpc) is 3.20. The van der Waals surface area contributed by atoms with E-state index in [1.807, 2.05) is 30.3 Å². The van der Waals surface area contributed by atoms with Gasteiger partial charge in [0.25, 0.3) is 5.91 Å². The smallest absolute Gasteiger partial charge is 0.326 e. The molecule has 2 aromatic rings. The zero-order valence-corrected chi connectivity index (χ0v) is 15.7. The number of benzene rings is 2. The molecule has 2 N–H and O–H groups in total. The minimum atomic E-state index is -1.02. The molecule has 0 aliphatic carbocycles. The van der Waals surface area contributed by atoms with Gasteiger partial charge in [-0.25, -0.2) is 4.79 Å². The molecule has 1 fully saturated rings. The Kier molecular flexibility index (Phi) is 4.95. The summed E-state index contributed by atoms with van der Waals surface area (Å²) in [5.74, 6) is -0.711. The first kappa shape index (κ1) is 18.4. The molecule has 144 valence electrons. The predicted molar refractivity (Wildman–Crippen MR) is 102 cm³/mol. The van der Waals surface area contributed by atoms with E-state index in [4.69, 9.17) is 4.74 Å². The maximum absolute atomic E-state index is 12.7. The van der Waals surface area contributed by atoms with E-state index < -0.39 is 23.8 Å². The number of nitrogens with one attached hydrogen (secondary N) is 1. The Morgan fingerprint density at radius 3 is 2.75 bits per heavy atom. The highest BCUT2D eigenvalue weighted by molar-refractivity contribution is 7.99. The fourth-order valence-corrected chi connectivity index (χ4v) is 4.39. The second-order valence-corrected chi connectivity index (χ2v) is 7.63. The van der Waals surface area contributed by atoms with E-state index in [-0.39, 0.29) is 6.54 Å². The number of amides is 2. The number of nitrogens with zero attached hydrogens (tertiary/aromatic N) is 1. The van der Waals surface area contributed by atoms with E-state index in [1.54, 1.807) is 12.1 Å². The number of hydrogen-bond donors (Lipinski definition) is 2. The van der Waals surface area contributed by atoms with Crippen molar-refractivity contribution in [2.45, 2.75) is 28.7 Å². The average molecular weight is 398 g/mol. The maximum Gasteiger partial charge on any atom is 0.326 e. The quantitative estimate of drug-likeness (QED) is 0.702. The van der Waals surface area contributed by atoms with Crippen LogP contribution in [0.1, 0.15) is 23.2 Å². The molecule has 4 rings (SSSR count). The van der Waals surface area contributed by atoms with Crippen molar-refractivity contribution < 1.29 is 24.2 Å². The lowest BCUT2D eigenvalue weighted by molar-refractivity contribution is -0.147. The van der Waals surface area contributed by atoms with E-state index in [9.17, 15) is 19.5 Å². The molecule has 2 aromatic carbocycles. The summed E-state index contributed by atoms with van der Waals surface area (Å²) in [5.41, 5.74) is 0.337. The Morgan fingerprint density at radius 2 is 1.93 bits per heavy atom. The van der Waals surface area contributed by atoms with Crippen molar-refractivity contribution >= 4 is 29.5 Å². The van der Waals surface area contributed by atoms with Crippen molar-refractivity contribution in [3.05, 3.63) is 48.0 Å². The number of aliphatic carboxylic acids is 1. The van der Waals surface area contributed by atoms with Crippen molar-refractivity contribution in [1.29, 1.82) is 0 Å². The van der Waals surface area contributed by atoms with Gasteiger partial charge in [0, 0.05) is 6.54 Å². The molecule has 0 aromatic heterocycles. The number of carboxylic acid groups (broad SMARTS) is 1. The topological polar surface area (TPSA) is 95.9 Å². The lowest BCUT2D eigenvalue weighted by atomic mass is 10.1. The van der Waals surface area contributed by atoms with Crippen molar-refractivity contribution in [2.24, 2.45) is 0 Å². The third-order valence-electron chi connectivity index (χ3n) is 4.76. The number of rotatable bonds is 4. The van der Waals surface area contributed by atoms with Crippen LogP contribution < -0.4 is 10.1 Å². The Morgan fingerprint density at radius 1 is 1.14 bits per heavy atom. The highest BCUT2D eigenvalue weighted by Crippen LogP contribution is 2.48. The first-order valence-electron chi connectivity index (χ1n) is 8.93. The summed E-state index contributed by atoms with van der Waals surface area (Å²) in [5, 5.41) is 11.8. The number of carbonyl (C=O) groups is 3. The summed E-state index contributed by atoms with van der Waals surface area (Å²) in [6.07, 6.45) is 1.08. The molecule has 28 heavy (non-hydrogen) atoms. The second kappa shape index (κ2) is 7.55. The molecule has 2 aliphatic heterocycles. The summed E-state index contributed by atoms with van der Waals surface area (Å²) >= 11 is 1.52. The van der Waals surface area contributed by atoms with Crippen molar-refractivity contribution in [2.75, 3.05) is 13.1 Å². The van der Waals surface area contributed by atoms with Crippen LogP contribution in [0.2, 0.25) is 0 Å². The molecule has 0 saturated carbocycles. The fraction of sp³-hybridized carbons (Fsp3) is 0.250. The Bertz CT molecular complexity index is 961. The van der Waals surface area contributed by atoms with E-state index in [0.29, 0.717) is 36.4 Å². The van der Waals surface area contributed by atoms with Crippen LogP contribution in [0, 0.1) is 0 Å². The van der Waals surface area contributed by atoms with Crippen molar-refractivity contribution in [3.63, 3.8) is 0 Å². The monoisotopic (exact) mass is 398 g/mol. The van der Waals surface area contributed by atoms with Crippen LogP contribution in [0.3, 0.4) is 0 Å². The van der Waals surface area contributed by atoms with E-state index in [0.717, 1.165) is 9.79 Å². The van der Waals surface area contributed by atoms with Gasteiger partial charge in [-0.3, -0.25) is 9.59 Å². The molecular weight excluding hydrogens is 380 g/mol. The second-order valence-electron chi connectivity index (χ2n) is 6.55. The first-order valence-corrected chi connectivity index (χ1v) is 9.74. The van der Waals surface area contributed by atoms with Gasteiger partial charge in [-0.15, -0.1) is 0 Å². The summed E-state index contributed by atoms with van der Waals surface area (Å²) < 4.78 is 5.93. The number of fused-ring (bicyclic) bond motifs is 2. The normalized spacial score (nSPS) is 17.3. The molecule has 1 saturated heterocycles. The van der Waals surface area contributed by atoms with Crippen LogP contribution in [-0.4, -0.2) is 46.9 Å². The summed E-state index contributed by atoms with van der Waals surface area (Å²) in [7, 11) is 0. The standard InChI is InChI=1S/C20H18N2O5S/c23-17(22-10-4-6-13(22)20(25)26)11-21-19(24)12-5-3-9-16-18(12)27-14-7-1-2-8-15(14)28-16/h1-3,5,7-9,13H,4,6,10-11H2,(H,21,24)(H,25,26)/t13-/m0/s1. The van der Waals surface area contributed by atoms with Gasteiger partial charge >= 0.3 is 5.97 Å². The Hall–Kier alpha value is -3.00. The zero-order chi connectivity index (χ0) is 19.7. The molecule has 2 heterocycles. The number of carbonyl (C=O) groups excluding carboxylic acids is 2. The Labute approximate surface area is 165 Å². The lowest BCUT2D eigenvalue weighted by Crippen LogP contribution is -2.45. The van der Waals surface area contributed by atoms with Gasteiger partial charge in [0.1, 0.15) is 11.8 Å².